The van der Waals surface area contributed by atoms with Crippen molar-refractivity contribution in [2.45, 2.75) is 12.5 Å². The number of hydrogen-bond donors (Lipinski definition) is 1. The van der Waals surface area contributed by atoms with Gasteiger partial charge < -0.3 is 9.64 Å². The van der Waals surface area contributed by atoms with Gasteiger partial charge in [0.2, 0.25) is 5.62 Å². The molecule has 5 rings (SSSR count). The van der Waals surface area contributed by atoms with E-state index in [1.54, 1.807) is 0 Å². The van der Waals surface area contributed by atoms with E-state index in [-0.39, 0.29) is 29.0 Å². The van der Waals surface area contributed by atoms with Crippen molar-refractivity contribution < 1.29 is 23.7 Å². The van der Waals surface area contributed by atoms with Crippen LogP contribution in [0.1, 0.15) is 13.4 Å². The van der Waals surface area contributed by atoms with Crippen LogP contribution in [0, 0.1) is 11.6 Å². The van der Waals surface area contributed by atoms with E-state index < -0.39 is 18.1 Å². The van der Waals surface area contributed by atoms with Crippen molar-refractivity contribution in [3.05, 3.63) is 59.5 Å². The third-order valence-corrected chi connectivity index (χ3v) is 5.70. The van der Waals surface area contributed by atoms with Gasteiger partial charge >= 0.3 is 0 Å². The first-order chi connectivity index (χ1) is 16.4. The lowest BCUT2D eigenvalue weighted by molar-refractivity contribution is -0.0661. The fourth-order valence-electron chi connectivity index (χ4n) is 3.77. The molecule has 2 saturated heterocycles. The standard InChI is InChI=1S/C21H21F4N7O/c22-16-2-1-14(9-17(16)23)32-12-26-21(29-32)28-18-7-13(20(24)25)8-19(27-18)31-5-3-30(4-6-31)15-10-33-11-15/h1-2,7-9,12,15,20H,3-6,10-11H2,(H,27,28,29)/i12D. The van der Waals surface area contributed by atoms with E-state index in [9.17, 15) is 17.6 Å². The predicted molar refractivity (Wildman–Crippen MR) is 111 cm³/mol. The van der Waals surface area contributed by atoms with Crippen molar-refractivity contribution in [1.29, 1.82) is 0 Å². The van der Waals surface area contributed by atoms with Crippen LogP contribution >= 0.6 is 0 Å². The molecule has 0 aliphatic carbocycles. The summed E-state index contributed by atoms with van der Waals surface area (Å²) in [7, 11) is 0. The quantitative estimate of drug-likeness (QED) is 0.588. The lowest BCUT2D eigenvalue weighted by Gasteiger charge is -2.42. The molecule has 4 heterocycles. The number of aromatic amines is 1. The SMILES string of the molecule is [2H]c1nc(=Nc2cc(C(F)F)cc(N3CCN(C4COC4)CC3)n2)[nH]n1-c1ccc(F)c(F)c1. The molecule has 0 atom stereocenters. The summed E-state index contributed by atoms with van der Waals surface area (Å²) in [6.07, 6.45) is -3.05. The minimum atomic E-state index is -2.72. The second-order valence-electron chi connectivity index (χ2n) is 7.82. The van der Waals surface area contributed by atoms with E-state index >= 15 is 0 Å². The van der Waals surface area contributed by atoms with E-state index in [1.807, 2.05) is 4.90 Å². The van der Waals surface area contributed by atoms with Crippen LogP contribution in [-0.2, 0) is 4.74 Å². The van der Waals surface area contributed by atoms with E-state index in [2.05, 4.69) is 25.0 Å². The lowest BCUT2D eigenvalue weighted by Crippen LogP contribution is -2.56. The van der Waals surface area contributed by atoms with Crippen LogP contribution in [0.25, 0.3) is 5.69 Å². The van der Waals surface area contributed by atoms with Crippen LogP contribution in [0.3, 0.4) is 0 Å². The van der Waals surface area contributed by atoms with Gasteiger partial charge in [0.1, 0.15) is 13.5 Å². The Morgan fingerprint density at radius 3 is 2.55 bits per heavy atom. The number of alkyl halides is 2. The average molecular weight is 464 g/mol. The number of pyridine rings is 1. The van der Waals surface area contributed by atoms with Gasteiger partial charge in [-0.25, -0.2) is 27.2 Å². The highest BCUT2D eigenvalue weighted by Gasteiger charge is 2.29. The van der Waals surface area contributed by atoms with Crippen molar-refractivity contribution in [2.24, 2.45) is 4.99 Å². The van der Waals surface area contributed by atoms with Crippen LogP contribution < -0.4 is 10.5 Å². The summed E-state index contributed by atoms with van der Waals surface area (Å²) in [5, 5.41) is 2.67. The van der Waals surface area contributed by atoms with Gasteiger partial charge in [-0.05, 0) is 24.3 Å². The van der Waals surface area contributed by atoms with Gasteiger partial charge in [0.05, 0.1) is 24.9 Å². The van der Waals surface area contributed by atoms with E-state index in [0.29, 0.717) is 38.2 Å². The van der Waals surface area contributed by atoms with Gasteiger partial charge in [-0.15, -0.1) is 0 Å². The molecule has 1 aromatic carbocycles. The fraction of sp³-hybridized carbons (Fsp3) is 0.381. The molecular formula is C21H21F4N7O. The van der Waals surface area contributed by atoms with Crippen LogP contribution in [0.5, 0.6) is 0 Å². The molecule has 2 aromatic heterocycles. The molecule has 0 unspecified atom stereocenters. The van der Waals surface area contributed by atoms with E-state index in [4.69, 9.17) is 6.11 Å². The Bertz CT molecular complexity index is 1250. The molecular weight excluding hydrogens is 442 g/mol. The van der Waals surface area contributed by atoms with E-state index in [1.165, 1.54) is 12.1 Å². The second-order valence-corrected chi connectivity index (χ2v) is 7.82. The number of nitrogens with zero attached hydrogens (tertiary/aromatic N) is 6. The molecule has 2 aliphatic heterocycles. The summed E-state index contributed by atoms with van der Waals surface area (Å²) in [6, 6.07) is 6.01. The molecule has 3 aromatic rings. The monoisotopic (exact) mass is 464 g/mol. The Balaban J connectivity index is 1.43. The van der Waals surface area contributed by atoms with Gasteiger partial charge in [-0.2, -0.15) is 9.98 Å². The zero-order valence-electron chi connectivity index (χ0n) is 18.4. The smallest absolute Gasteiger partial charge is 0.264 e. The topological polar surface area (TPSA) is 74.6 Å². The van der Waals surface area contributed by atoms with E-state index in [0.717, 1.165) is 36.0 Å². The molecule has 0 saturated carbocycles. The molecule has 1 N–H and O–H groups in total. The zero-order chi connectivity index (χ0) is 23.8. The summed E-state index contributed by atoms with van der Waals surface area (Å²) in [4.78, 5) is 16.8. The van der Waals surface area contributed by atoms with Gasteiger partial charge in [-0.3, -0.25) is 10.00 Å². The van der Waals surface area contributed by atoms with Crippen LogP contribution in [0.2, 0.25) is 0 Å². The normalized spacial score (nSPS) is 18.6. The molecule has 33 heavy (non-hydrogen) atoms. The summed E-state index contributed by atoms with van der Waals surface area (Å²) in [5.74, 6) is -1.73. The maximum atomic E-state index is 13.6. The molecule has 8 nitrogen and oxygen atoms in total. The number of H-pyrrole nitrogens is 1. The minimum absolute atomic E-state index is 0.00573. The minimum Gasteiger partial charge on any atom is -0.378 e. The second kappa shape index (κ2) is 8.94. The van der Waals surface area contributed by atoms with Crippen molar-refractivity contribution in [1.82, 2.24) is 24.6 Å². The third kappa shape index (κ3) is 4.62. The fourth-order valence-corrected chi connectivity index (χ4v) is 3.77. The molecule has 2 aliphatic rings. The van der Waals surface area contributed by atoms with Crippen LogP contribution in [0.4, 0.5) is 29.2 Å². The Kier molecular flexibility index (Phi) is 5.52. The molecule has 0 radical (unpaired) electrons. The van der Waals surface area contributed by atoms with Gasteiger partial charge in [-0.1, -0.05) is 0 Å². The maximum Gasteiger partial charge on any atom is 0.264 e. The van der Waals surface area contributed by atoms with Gasteiger partial charge in [0.25, 0.3) is 6.43 Å². The maximum absolute atomic E-state index is 13.6. The van der Waals surface area contributed by atoms with Gasteiger partial charge in [0, 0.05) is 37.8 Å². The Morgan fingerprint density at radius 2 is 1.88 bits per heavy atom. The van der Waals surface area contributed by atoms with Crippen LogP contribution in [0.15, 0.2) is 41.6 Å². The average Bonchev–Trinajstić information content (AvgIpc) is 3.14. The number of aromatic nitrogens is 4. The highest BCUT2D eigenvalue weighted by molar-refractivity contribution is 5.49. The number of nitrogens with one attached hydrogen (secondary N) is 1. The lowest BCUT2D eigenvalue weighted by atomic mass is 10.1. The number of ether oxygens (including phenoxy) is 1. The summed E-state index contributed by atoms with van der Waals surface area (Å²) in [6.45, 7) is 4.24. The van der Waals surface area contributed by atoms with Crippen molar-refractivity contribution in [2.75, 3.05) is 44.3 Å². The Labute approximate surface area is 187 Å². The first kappa shape index (κ1) is 20.4. The van der Waals surface area contributed by atoms with Crippen molar-refractivity contribution in [3.8, 4) is 5.69 Å². The Hall–Kier alpha value is -3.25. The Morgan fingerprint density at radius 1 is 1.09 bits per heavy atom. The molecule has 0 spiro atoms. The summed E-state index contributed by atoms with van der Waals surface area (Å²) in [5.41, 5.74) is -0.193. The molecule has 0 bridgehead atoms. The number of halogens is 4. The predicted octanol–water partition coefficient (Wildman–Crippen LogP) is 2.56. The first-order valence-electron chi connectivity index (χ1n) is 10.9. The third-order valence-electron chi connectivity index (χ3n) is 5.70. The number of benzene rings is 1. The van der Waals surface area contributed by atoms with Gasteiger partial charge in [0.15, 0.2) is 17.5 Å². The summed E-state index contributed by atoms with van der Waals surface area (Å²) >= 11 is 0. The molecule has 12 heteroatoms. The largest absolute Gasteiger partial charge is 0.378 e. The molecule has 2 fully saturated rings. The summed E-state index contributed by atoms with van der Waals surface area (Å²) < 4.78 is 68.3. The highest BCUT2D eigenvalue weighted by Crippen LogP contribution is 2.28. The highest BCUT2D eigenvalue weighted by atomic mass is 19.3. The number of rotatable bonds is 5. The van der Waals surface area contributed by atoms with Crippen molar-refractivity contribution in [3.63, 3.8) is 0 Å². The molecule has 0 amide bonds. The number of piperazine rings is 1. The van der Waals surface area contributed by atoms with Crippen molar-refractivity contribution >= 4 is 11.6 Å². The zero-order valence-corrected chi connectivity index (χ0v) is 17.4. The van der Waals surface area contributed by atoms with Crippen LogP contribution in [-0.4, -0.2) is 70.1 Å². The first-order valence-corrected chi connectivity index (χ1v) is 10.4. The number of anilines is 1. The number of hydrogen-bond acceptors (Lipinski definition) is 6. The molecule has 174 valence electrons.